The van der Waals surface area contributed by atoms with Crippen LogP contribution in [0, 0.1) is 0 Å². The predicted octanol–water partition coefficient (Wildman–Crippen LogP) is 2.22. The van der Waals surface area contributed by atoms with Gasteiger partial charge in [-0.1, -0.05) is 37.3 Å². The van der Waals surface area contributed by atoms with Gasteiger partial charge in [-0.25, -0.2) is 4.79 Å². The summed E-state index contributed by atoms with van der Waals surface area (Å²) in [5, 5.41) is 17.5. The number of ether oxygens (including phenoxy) is 1. The minimum atomic E-state index is -0.797. The molecular weight excluding hydrogens is 432 g/mol. The lowest BCUT2D eigenvalue weighted by Crippen LogP contribution is -2.59. The Labute approximate surface area is 203 Å². The normalized spacial score (nSPS) is 28.3. The van der Waals surface area contributed by atoms with Gasteiger partial charge in [-0.3, -0.25) is 4.79 Å². The molecule has 3 aliphatic rings. The molecule has 3 N–H and O–H groups in total. The molecule has 1 aliphatic heterocycles. The topological polar surface area (TPSA) is 94.1 Å². The molecule has 1 saturated heterocycles. The van der Waals surface area contributed by atoms with Crippen molar-refractivity contribution in [3.8, 4) is 0 Å². The van der Waals surface area contributed by atoms with Gasteiger partial charge in [-0.05, 0) is 57.1 Å². The number of carbonyl (C=O) groups excluding carboxylic acids is 2. The molecule has 1 aromatic carbocycles. The maximum absolute atomic E-state index is 13.5. The highest BCUT2D eigenvalue weighted by Crippen LogP contribution is 2.48. The molecule has 2 saturated carbocycles. The van der Waals surface area contributed by atoms with Gasteiger partial charge in [0.1, 0.15) is 6.54 Å². The molecule has 1 spiro atoms. The molecule has 3 amide bonds. The number of hydrogen-bond acceptors (Lipinski definition) is 5. The molecule has 188 valence electrons. The molecular formula is C26H40N4O4. The fourth-order valence-electron chi connectivity index (χ4n) is 6.03. The number of rotatable bonds is 10. The quantitative estimate of drug-likeness (QED) is 0.454. The van der Waals surface area contributed by atoms with E-state index in [1.165, 1.54) is 5.56 Å². The Balaban J connectivity index is 1.53. The van der Waals surface area contributed by atoms with Crippen molar-refractivity contribution in [2.24, 2.45) is 0 Å². The Morgan fingerprint density at radius 3 is 2.41 bits per heavy atom. The lowest BCUT2D eigenvalue weighted by Gasteiger charge is -2.51. The summed E-state index contributed by atoms with van der Waals surface area (Å²) in [5.74, 6) is -0.174. The van der Waals surface area contributed by atoms with E-state index < -0.39 is 5.60 Å². The van der Waals surface area contributed by atoms with Gasteiger partial charge in [-0.2, -0.15) is 0 Å². The van der Waals surface area contributed by atoms with Crippen molar-refractivity contribution in [1.82, 2.24) is 20.4 Å². The van der Waals surface area contributed by atoms with E-state index in [2.05, 4.69) is 41.8 Å². The fourth-order valence-corrected chi connectivity index (χ4v) is 6.03. The second-order valence-electron chi connectivity index (χ2n) is 10.3. The monoisotopic (exact) mass is 472 g/mol. The van der Waals surface area contributed by atoms with Gasteiger partial charge in [-0.15, -0.1) is 0 Å². The molecule has 4 rings (SSSR count). The summed E-state index contributed by atoms with van der Waals surface area (Å²) in [6, 6.07) is 10.5. The van der Waals surface area contributed by atoms with Crippen molar-refractivity contribution >= 4 is 11.9 Å². The second-order valence-corrected chi connectivity index (χ2v) is 10.3. The first kappa shape index (κ1) is 24.9. The van der Waals surface area contributed by atoms with Gasteiger partial charge >= 0.3 is 6.03 Å². The Morgan fingerprint density at radius 2 is 1.82 bits per heavy atom. The van der Waals surface area contributed by atoms with Crippen molar-refractivity contribution in [3.63, 3.8) is 0 Å². The lowest BCUT2D eigenvalue weighted by atomic mass is 9.68. The zero-order valence-electron chi connectivity index (χ0n) is 20.6. The van der Waals surface area contributed by atoms with E-state index in [4.69, 9.17) is 4.74 Å². The highest BCUT2D eigenvalue weighted by atomic mass is 16.5. The number of benzene rings is 1. The molecule has 0 radical (unpaired) electrons. The number of urea groups is 1. The van der Waals surface area contributed by atoms with Crippen molar-refractivity contribution in [2.45, 2.75) is 68.5 Å². The van der Waals surface area contributed by atoms with Crippen LogP contribution in [0.5, 0.6) is 0 Å². The first-order valence-electron chi connectivity index (χ1n) is 12.7. The van der Waals surface area contributed by atoms with E-state index in [0.29, 0.717) is 26.2 Å². The Morgan fingerprint density at radius 1 is 1.12 bits per heavy atom. The summed E-state index contributed by atoms with van der Waals surface area (Å²) >= 11 is 0. The van der Waals surface area contributed by atoms with Gasteiger partial charge in [0.05, 0.1) is 24.3 Å². The largest absolute Gasteiger partial charge is 0.388 e. The summed E-state index contributed by atoms with van der Waals surface area (Å²) in [7, 11) is 1.59. The number of nitrogens with one attached hydrogen (secondary N) is 2. The molecule has 1 heterocycles. The van der Waals surface area contributed by atoms with Gasteiger partial charge in [0, 0.05) is 25.7 Å². The molecule has 34 heavy (non-hydrogen) atoms. The molecule has 2 aliphatic carbocycles. The average Bonchev–Trinajstić information content (AvgIpc) is 3.06. The summed E-state index contributed by atoms with van der Waals surface area (Å²) in [6.07, 6.45) is 5.93. The first-order valence-corrected chi connectivity index (χ1v) is 12.7. The minimum Gasteiger partial charge on any atom is -0.388 e. The minimum absolute atomic E-state index is 0.0380. The number of hydrogen-bond donors (Lipinski definition) is 3. The Hall–Kier alpha value is -2.16. The number of β-amino-alcohol motifs (C(OH)–C–C–N with tert-alkyl or cyclic N) is 1. The van der Waals surface area contributed by atoms with Crippen LogP contribution in [0.3, 0.4) is 0 Å². The molecule has 0 bridgehead atoms. The maximum atomic E-state index is 13.5. The summed E-state index contributed by atoms with van der Waals surface area (Å²) in [4.78, 5) is 29.6. The molecule has 1 aromatic rings. The lowest BCUT2D eigenvalue weighted by molar-refractivity contribution is -0.121. The molecule has 8 nitrogen and oxygen atoms in total. The second kappa shape index (κ2) is 10.2. The third kappa shape index (κ3) is 4.95. The van der Waals surface area contributed by atoms with Crippen LogP contribution in [-0.2, 0) is 15.1 Å². The van der Waals surface area contributed by atoms with Crippen molar-refractivity contribution in [1.29, 1.82) is 0 Å². The van der Waals surface area contributed by atoms with Crippen LogP contribution in [0.2, 0.25) is 0 Å². The van der Waals surface area contributed by atoms with Gasteiger partial charge in [0.15, 0.2) is 0 Å². The third-order valence-corrected chi connectivity index (χ3v) is 8.13. The van der Waals surface area contributed by atoms with Crippen molar-refractivity contribution < 1.29 is 19.4 Å². The summed E-state index contributed by atoms with van der Waals surface area (Å²) in [6.45, 7) is 4.79. The number of aliphatic hydroxyl groups is 1. The van der Waals surface area contributed by atoms with Gasteiger partial charge < -0.3 is 30.3 Å². The van der Waals surface area contributed by atoms with Gasteiger partial charge in [0.25, 0.3) is 0 Å². The highest BCUT2D eigenvalue weighted by Gasteiger charge is 2.56. The van der Waals surface area contributed by atoms with E-state index in [1.807, 2.05) is 11.0 Å². The first-order chi connectivity index (χ1) is 16.4. The van der Waals surface area contributed by atoms with E-state index in [9.17, 15) is 14.7 Å². The van der Waals surface area contributed by atoms with Crippen LogP contribution in [-0.4, -0.2) is 84.4 Å². The molecule has 3 fully saturated rings. The molecule has 0 unspecified atom stereocenters. The SMILES string of the molecule is CCNC1(c2ccccc2)CCC2(CC1)CN(CC(=O)NCCOC)C(=O)N2CC1(O)CCC1. The number of amides is 3. The molecule has 8 heteroatoms. The third-order valence-electron chi connectivity index (χ3n) is 8.13. The summed E-state index contributed by atoms with van der Waals surface area (Å²) < 4.78 is 5.00. The van der Waals surface area contributed by atoms with Crippen LogP contribution < -0.4 is 10.6 Å². The predicted molar refractivity (Wildman–Crippen MR) is 130 cm³/mol. The van der Waals surface area contributed by atoms with Crippen molar-refractivity contribution in [2.75, 3.05) is 46.4 Å². The Kier molecular flexibility index (Phi) is 7.50. The number of methoxy groups -OCH3 is 1. The molecule has 0 atom stereocenters. The number of carbonyl (C=O) groups is 2. The van der Waals surface area contributed by atoms with Crippen LogP contribution in [0.1, 0.15) is 57.4 Å². The smallest absolute Gasteiger partial charge is 0.321 e. The maximum Gasteiger partial charge on any atom is 0.321 e. The molecule has 0 aromatic heterocycles. The highest BCUT2D eigenvalue weighted by molar-refractivity contribution is 5.86. The fraction of sp³-hybridized carbons (Fsp3) is 0.692. The van der Waals surface area contributed by atoms with Crippen LogP contribution >= 0.6 is 0 Å². The zero-order valence-corrected chi connectivity index (χ0v) is 20.6. The van der Waals surface area contributed by atoms with Crippen molar-refractivity contribution in [3.05, 3.63) is 35.9 Å². The standard InChI is InChI=1S/C26H40N4O4/c1-3-28-26(21-8-5-4-6-9-21)14-12-24(13-15-26)19-29(18-22(31)27-16-17-34-2)23(32)30(24)20-25(33)10-7-11-25/h4-6,8-9,28,33H,3,7,10-20H2,1-2H3,(H,27,31). The van der Waals surface area contributed by atoms with Crippen LogP contribution in [0.15, 0.2) is 30.3 Å². The van der Waals surface area contributed by atoms with Crippen LogP contribution in [0.4, 0.5) is 4.79 Å². The van der Waals surface area contributed by atoms with E-state index >= 15 is 0 Å². The van der Waals surface area contributed by atoms with Crippen LogP contribution in [0.25, 0.3) is 0 Å². The van der Waals surface area contributed by atoms with E-state index in [1.54, 1.807) is 12.0 Å². The van der Waals surface area contributed by atoms with E-state index in [-0.39, 0.29) is 29.6 Å². The number of nitrogens with zero attached hydrogens (tertiary/aromatic N) is 2. The Bertz CT molecular complexity index is 850. The summed E-state index contributed by atoms with van der Waals surface area (Å²) in [5.41, 5.74) is 0.0151. The average molecular weight is 473 g/mol. The zero-order chi connectivity index (χ0) is 24.2. The van der Waals surface area contributed by atoms with Gasteiger partial charge in [0.2, 0.25) is 5.91 Å². The van der Waals surface area contributed by atoms with E-state index in [0.717, 1.165) is 51.5 Å².